The van der Waals surface area contributed by atoms with Crippen LogP contribution in [0.2, 0.25) is 0 Å². The summed E-state index contributed by atoms with van der Waals surface area (Å²) in [6.45, 7) is 0. The summed E-state index contributed by atoms with van der Waals surface area (Å²) in [6, 6.07) is 14.7. The maximum absolute atomic E-state index is 12.5. The fourth-order valence-electron chi connectivity index (χ4n) is 2.56. The van der Waals surface area contributed by atoms with Gasteiger partial charge in [-0.3, -0.25) is 14.5 Å². The van der Waals surface area contributed by atoms with Gasteiger partial charge in [-0.05, 0) is 24.3 Å². The van der Waals surface area contributed by atoms with E-state index in [2.05, 4.69) is 26.1 Å². The molecule has 0 unspecified atom stereocenters. The number of hydrogen-bond acceptors (Lipinski definition) is 6. The van der Waals surface area contributed by atoms with Crippen LogP contribution in [0.3, 0.4) is 0 Å². The number of benzene rings is 2. The van der Waals surface area contributed by atoms with Crippen molar-refractivity contribution >= 4 is 44.1 Å². The number of carbonyl (C=O) groups excluding carboxylic acids is 2. The number of aromatic nitrogens is 2. The number of rotatable bonds is 7. The Morgan fingerprint density at radius 2 is 1.79 bits per heavy atom. The number of halogens is 1. The molecule has 144 valence electrons. The SMILES string of the molecule is COc1ccccc1C(=O)CCC(=O)N(C)c1nnc(-c2ccc(Br)cc2)s1. The van der Waals surface area contributed by atoms with Gasteiger partial charge in [0.25, 0.3) is 0 Å². The predicted molar refractivity (Wildman–Crippen MR) is 113 cm³/mol. The summed E-state index contributed by atoms with van der Waals surface area (Å²) < 4.78 is 6.19. The number of para-hydroxylation sites is 1. The first-order chi connectivity index (χ1) is 13.5. The van der Waals surface area contributed by atoms with E-state index in [4.69, 9.17) is 4.74 Å². The second kappa shape index (κ2) is 9.07. The lowest BCUT2D eigenvalue weighted by Gasteiger charge is -2.13. The molecule has 0 spiro atoms. The second-order valence-electron chi connectivity index (χ2n) is 5.97. The van der Waals surface area contributed by atoms with Crippen molar-refractivity contribution in [1.29, 1.82) is 0 Å². The van der Waals surface area contributed by atoms with E-state index in [1.165, 1.54) is 23.3 Å². The second-order valence-corrected chi connectivity index (χ2v) is 7.84. The monoisotopic (exact) mass is 459 g/mol. The van der Waals surface area contributed by atoms with Crippen molar-refractivity contribution in [3.8, 4) is 16.3 Å². The van der Waals surface area contributed by atoms with E-state index in [0.29, 0.717) is 16.4 Å². The molecule has 0 bridgehead atoms. The highest BCUT2D eigenvalue weighted by Crippen LogP contribution is 2.29. The van der Waals surface area contributed by atoms with Gasteiger partial charge in [0.15, 0.2) is 5.78 Å². The molecule has 0 saturated heterocycles. The molecule has 3 aromatic rings. The minimum Gasteiger partial charge on any atom is -0.496 e. The molecule has 0 radical (unpaired) electrons. The van der Waals surface area contributed by atoms with Crippen LogP contribution < -0.4 is 9.64 Å². The third-order valence-corrected chi connectivity index (χ3v) is 5.72. The van der Waals surface area contributed by atoms with Crippen molar-refractivity contribution in [1.82, 2.24) is 10.2 Å². The van der Waals surface area contributed by atoms with Crippen molar-refractivity contribution in [2.24, 2.45) is 0 Å². The average Bonchev–Trinajstić information content (AvgIpc) is 3.21. The van der Waals surface area contributed by atoms with Crippen molar-refractivity contribution in [3.05, 3.63) is 58.6 Å². The maximum Gasteiger partial charge on any atom is 0.229 e. The zero-order chi connectivity index (χ0) is 20.1. The molecule has 6 nitrogen and oxygen atoms in total. The first-order valence-corrected chi connectivity index (χ1v) is 10.1. The molecule has 0 aliphatic heterocycles. The van der Waals surface area contributed by atoms with Crippen LogP contribution >= 0.6 is 27.3 Å². The van der Waals surface area contributed by atoms with Gasteiger partial charge in [0.2, 0.25) is 11.0 Å². The molecule has 0 atom stereocenters. The van der Waals surface area contributed by atoms with Gasteiger partial charge in [-0.2, -0.15) is 0 Å². The Balaban J connectivity index is 1.63. The third-order valence-electron chi connectivity index (χ3n) is 4.14. The van der Waals surface area contributed by atoms with Gasteiger partial charge >= 0.3 is 0 Å². The largest absolute Gasteiger partial charge is 0.496 e. The number of amides is 1. The molecule has 0 fully saturated rings. The minimum atomic E-state index is -0.193. The van der Waals surface area contributed by atoms with Crippen LogP contribution in [0.15, 0.2) is 53.0 Å². The van der Waals surface area contributed by atoms with E-state index in [-0.39, 0.29) is 24.5 Å². The molecule has 1 aromatic heterocycles. The summed E-state index contributed by atoms with van der Waals surface area (Å²) in [6.07, 6.45) is 0.183. The van der Waals surface area contributed by atoms with Crippen LogP contribution in [0.1, 0.15) is 23.2 Å². The lowest BCUT2D eigenvalue weighted by molar-refractivity contribution is -0.118. The Hall–Kier alpha value is -2.58. The maximum atomic E-state index is 12.5. The highest BCUT2D eigenvalue weighted by molar-refractivity contribution is 9.10. The van der Waals surface area contributed by atoms with Gasteiger partial charge in [0, 0.05) is 29.9 Å². The molecule has 0 saturated carbocycles. The molecule has 0 N–H and O–H groups in total. The molecule has 0 aliphatic carbocycles. The van der Waals surface area contributed by atoms with E-state index >= 15 is 0 Å². The number of ketones is 1. The quantitative estimate of drug-likeness (QED) is 0.482. The molecule has 8 heteroatoms. The Morgan fingerprint density at radius 1 is 1.07 bits per heavy atom. The summed E-state index contributed by atoms with van der Waals surface area (Å²) >= 11 is 4.73. The fraction of sp³-hybridized carbons (Fsp3) is 0.200. The molecule has 3 rings (SSSR count). The van der Waals surface area contributed by atoms with Crippen LogP contribution in [-0.4, -0.2) is 36.0 Å². The standard InChI is InChI=1S/C20H18BrN3O3S/c1-24(20-23-22-19(28-20)13-7-9-14(21)10-8-13)18(26)12-11-16(25)15-5-3-4-6-17(15)27-2/h3-10H,11-12H2,1-2H3. The van der Waals surface area contributed by atoms with E-state index in [1.807, 2.05) is 24.3 Å². The van der Waals surface area contributed by atoms with Gasteiger partial charge in [-0.25, -0.2) is 0 Å². The van der Waals surface area contributed by atoms with Crippen molar-refractivity contribution < 1.29 is 14.3 Å². The molecule has 28 heavy (non-hydrogen) atoms. The van der Waals surface area contributed by atoms with Gasteiger partial charge in [-0.15, -0.1) is 10.2 Å². The van der Waals surface area contributed by atoms with E-state index in [9.17, 15) is 9.59 Å². The van der Waals surface area contributed by atoms with Gasteiger partial charge < -0.3 is 4.74 Å². The van der Waals surface area contributed by atoms with Gasteiger partial charge in [-0.1, -0.05) is 51.5 Å². The Kier molecular flexibility index (Phi) is 6.53. The average molecular weight is 460 g/mol. The molecular formula is C20H18BrN3O3S. The molecule has 1 heterocycles. The van der Waals surface area contributed by atoms with Crippen LogP contribution in [0.5, 0.6) is 5.75 Å². The zero-order valence-corrected chi connectivity index (χ0v) is 17.8. The van der Waals surface area contributed by atoms with Crippen molar-refractivity contribution in [2.45, 2.75) is 12.8 Å². The number of ether oxygens (including phenoxy) is 1. The lowest BCUT2D eigenvalue weighted by Crippen LogP contribution is -2.26. The summed E-state index contributed by atoms with van der Waals surface area (Å²) in [5, 5.41) is 9.49. The molecule has 2 aromatic carbocycles. The topological polar surface area (TPSA) is 72.4 Å². The van der Waals surface area contributed by atoms with Crippen molar-refractivity contribution in [2.75, 3.05) is 19.1 Å². The highest BCUT2D eigenvalue weighted by atomic mass is 79.9. The molecule has 0 aliphatic rings. The Labute approximate surface area is 175 Å². The van der Waals surface area contributed by atoms with Crippen LogP contribution in [0.4, 0.5) is 5.13 Å². The number of methoxy groups -OCH3 is 1. The lowest BCUT2D eigenvalue weighted by atomic mass is 10.1. The van der Waals surface area contributed by atoms with E-state index in [0.717, 1.165) is 15.0 Å². The highest BCUT2D eigenvalue weighted by Gasteiger charge is 2.19. The summed E-state index contributed by atoms with van der Waals surface area (Å²) in [7, 11) is 3.16. The number of anilines is 1. The van der Waals surface area contributed by atoms with E-state index < -0.39 is 0 Å². The molecule has 1 amide bonds. The van der Waals surface area contributed by atoms with Gasteiger partial charge in [0.1, 0.15) is 10.8 Å². The van der Waals surface area contributed by atoms with Crippen LogP contribution in [-0.2, 0) is 4.79 Å². The smallest absolute Gasteiger partial charge is 0.229 e. The third kappa shape index (κ3) is 4.63. The van der Waals surface area contributed by atoms with Crippen LogP contribution in [0.25, 0.3) is 10.6 Å². The summed E-state index contributed by atoms with van der Waals surface area (Å²) in [4.78, 5) is 26.4. The van der Waals surface area contributed by atoms with Crippen LogP contribution in [0, 0.1) is 0 Å². The Bertz CT molecular complexity index is 988. The number of hydrogen-bond donors (Lipinski definition) is 0. The Morgan fingerprint density at radius 3 is 2.50 bits per heavy atom. The molecular weight excluding hydrogens is 442 g/mol. The first kappa shape index (κ1) is 20.2. The predicted octanol–water partition coefficient (Wildman–Crippen LogP) is 4.60. The number of carbonyl (C=O) groups is 2. The van der Waals surface area contributed by atoms with Gasteiger partial charge in [0.05, 0.1) is 12.7 Å². The van der Waals surface area contributed by atoms with E-state index in [1.54, 1.807) is 31.3 Å². The first-order valence-electron chi connectivity index (χ1n) is 8.52. The minimum absolute atomic E-state index is 0.0839. The fourth-order valence-corrected chi connectivity index (χ4v) is 3.66. The number of Topliss-reactive ketones (excluding diaryl/α,β-unsaturated/α-hetero) is 1. The van der Waals surface area contributed by atoms with Crippen molar-refractivity contribution in [3.63, 3.8) is 0 Å². The normalized spacial score (nSPS) is 10.5. The summed E-state index contributed by atoms with van der Waals surface area (Å²) in [5.41, 5.74) is 1.41. The number of nitrogens with zero attached hydrogens (tertiary/aromatic N) is 3. The zero-order valence-electron chi connectivity index (χ0n) is 15.4. The summed E-state index contributed by atoms with van der Waals surface area (Å²) in [5.74, 6) is 0.185.